The molecule has 0 aliphatic carbocycles. The molecule has 0 bridgehead atoms. The van der Waals surface area contributed by atoms with Gasteiger partial charge in [-0.15, -0.1) is 11.3 Å². The number of aliphatic hydroxyl groups excluding tert-OH is 2. The summed E-state index contributed by atoms with van der Waals surface area (Å²) in [4.78, 5) is 30.0. The molecule has 41 heavy (non-hydrogen) atoms. The topological polar surface area (TPSA) is 158 Å². The van der Waals surface area contributed by atoms with Crippen molar-refractivity contribution in [3.63, 3.8) is 0 Å². The van der Waals surface area contributed by atoms with Crippen molar-refractivity contribution < 1.29 is 37.0 Å². The third-order valence-electron chi connectivity index (χ3n) is 6.16. The Hall–Kier alpha value is -3.46. The number of hydrogen-bond donors (Lipinski definition) is 5. The highest BCUT2D eigenvalue weighted by Crippen LogP contribution is 2.23. The summed E-state index contributed by atoms with van der Waals surface area (Å²) in [7, 11) is -3.65. The van der Waals surface area contributed by atoms with Gasteiger partial charge in [-0.25, -0.2) is 22.2 Å². The van der Waals surface area contributed by atoms with Gasteiger partial charge < -0.3 is 20.8 Å². The number of carbonyl (C=O) groups is 2. The molecule has 3 rings (SSSR count). The average Bonchev–Trinajstić information content (AvgIpc) is 3.33. The van der Waals surface area contributed by atoms with Gasteiger partial charge in [0.15, 0.2) is 5.13 Å². The third-order valence-corrected chi connectivity index (χ3v) is 7.62. The van der Waals surface area contributed by atoms with Crippen molar-refractivity contribution in [3.8, 4) is 0 Å². The van der Waals surface area contributed by atoms with Crippen molar-refractivity contribution in [2.45, 2.75) is 45.1 Å². The molecule has 0 radical (unpaired) electrons. The second kappa shape index (κ2) is 13.9. The first-order chi connectivity index (χ1) is 19.2. The number of rotatable bonds is 13. The molecule has 4 atom stereocenters. The van der Waals surface area contributed by atoms with Gasteiger partial charge in [0.25, 0.3) is 5.91 Å². The van der Waals surface area contributed by atoms with Gasteiger partial charge in [-0.3, -0.25) is 14.3 Å². The van der Waals surface area contributed by atoms with E-state index in [0.717, 1.165) is 35.3 Å². The second-order valence-corrected chi connectivity index (χ2v) is 12.5. The SMILES string of the molecule is CC(C)[C@@H](C(=O)NCc1ccccc1)[C@@H](O)[C@H](O)[C@H](Cc1cc(F)cc(F)c1)NC(=O)c1csc(NS(C)(=O)=O)n1. The van der Waals surface area contributed by atoms with Gasteiger partial charge >= 0.3 is 0 Å². The van der Waals surface area contributed by atoms with E-state index in [1.54, 1.807) is 13.8 Å². The van der Waals surface area contributed by atoms with Gasteiger partial charge in [-0.05, 0) is 35.6 Å². The summed E-state index contributed by atoms with van der Waals surface area (Å²) < 4.78 is 52.9. The van der Waals surface area contributed by atoms with E-state index in [-0.39, 0.29) is 29.4 Å². The minimum atomic E-state index is -3.65. The van der Waals surface area contributed by atoms with E-state index in [9.17, 15) is 37.0 Å². The third kappa shape index (κ3) is 9.56. The van der Waals surface area contributed by atoms with Crippen LogP contribution in [-0.2, 0) is 27.8 Å². The van der Waals surface area contributed by atoms with Crippen LogP contribution in [0.1, 0.15) is 35.5 Å². The summed E-state index contributed by atoms with van der Waals surface area (Å²) in [5, 5.41) is 28.9. The van der Waals surface area contributed by atoms with E-state index < -0.39 is 63.6 Å². The van der Waals surface area contributed by atoms with E-state index >= 15 is 0 Å². The first-order valence-electron chi connectivity index (χ1n) is 12.6. The summed E-state index contributed by atoms with van der Waals surface area (Å²) in [6.07, 6.45) is -2.84. The molecule has 0 spiro atoms. The normalized spacial score (nSPS) is 14.6. The van der Waals surface area contributed by atoms with Crippen LogP contribution >= 0.6 is 11.3 Å². The van der Waals surface area contributed by atoms with Crippen LogP contribution in [0.3, 0.4) is 0 Å². The first kappa shape index (κ1) is 32.1. The van der Waals surface area contributed by atoms with E-state index in [1.165, 1.54) is 5.38 Å². The highest BCUT2D eigenvalue weighted by molar-refractivity contribution is 7.92. The Morgan fingerprint density at radius 2 is 1.63 bits per heavy atom. The molecule has 0 aliphatic rings. The number of nitrogens with one attached hydrogen (secondary N) is 3. The molecule has 10 nitrogen and oxygen atoms in total. The van der Waals surface area contributed by atoms with Crippen molar-refractivity contribution in [1.29, 1.82) is 0 Å². The van der Waals surface area contributed by atoms with Crippen molar-refractivity contribution in [3.05, 3.63) is 82.4 Å². The van der Waals surface area contributed by atoms with Crippen LogP contribution in [-0.4, -0.2) is 59.9 Å². The first-order valence-corrected chi connectivity index (χ1v) is 15.4. The summed E-state index contributed by atoms with van der Waals surface area (Å²) in [6, 6.07) is 10.5. The average molecular weight is 611 g/mol. The molecule has 0 unspecified atom stereocenters. The van der Waals surface area contributed by atoms with E-state index in [1.807, 2.05) is 30.3 Å². The molecule has 5 N–H and O–H groups in total. The van der Waals surface area contributed by atoms with Crippen LogP contribution in [0.4, 0.5) is 13.9 Å². The molecule has 2 amide bonds. The fourth-order valence-corrected chi connectivity index (χ4v) is 5.81. The minimum Gasteiger partial charge on any atom is -0.390 e. The maximum absolute atomic E-state index is 13.9. The molecule has 0 aliphatic heterocycles. The number of amides is 2. The molecule has 0 fully saturated rings. The Bertz CT molecular complexity index is 1430. The number of nitrogens with zero attached hydrogens (tertiary/aromatic N) is 1. The standard InChI is InChI=1S/C27H32F2N4O6S2/c1-15(2)22(26(37)30-13-16-7-5-4-6-8-16)24(35)23(34)20(11-17-9-18(28)12-19(29)10-17)31-25(36)21-14-40-27(32-21)33-41(3,38)39/h4-10,12,14-15,20,22-24,34-35H,11,13H2,1-3H3,(H,30,37)(H,31,36)(H,32,33)/t20-,22+,23+,24+/m0/s1. The molecular formula is C27H32F2N4O6S2. The van der Waals surface area contributed by atoms with Crippen LogP contribution in [0.25, 0.3) is 0 Å². The van der Waals surface area contributed by atoms with Crippen LogP contribution < -0.4 is 15.4 Å². The molecule has 1 heterocycles. The smallest absolute Gasteiger partial charge is 0.271 e. The molecule has 14 heteroatoms. The predicted molar refractivity (Wildman–Crippen MR) is 151 cm³/mol. The Morgan fingerprint density at radius 3 is 2.22 bits per heavy atom. The van der Waals surface area contributed by atoms with Gasteiger partial charge in [-0.1, -0.05) is 44.2 Å². The number of anilines is 1. The van der Waals surface area contributed by atoms with Crippen molar-refractivity contribution in [2.24, 2.45) is 11.8 Å². The summed E-state index contributed by atoms with van der Waals surface area (Å²) in [6.45, 7) is 3.55. The van der Waals surface area contributed by atoms with E-state index in [0.29, 0.717) is 6.07 Å². The largest absolute Gasteiger partial charge is 0.390 e. The molecule has 0 saturated carbocycles. The highest BCUT2D eigenvalue weighted by atomic mass is 32.2. The Morgan fingerprint density at radius 1 is 1.00 bits per heavy atom. The zero-order valence-corrected chi connectivity index (χ0v) is 24.2. The summed E-state index contributed by atoms with van der Waals surface area (Å²) >= 11 is 0.845. The number of thiazole rings is 1. The minimum absolute atomic E-state index is 0.0723. The van der Waals surface area contributed by atoms with Crippen molar-refractivity contribution in [2.75, 3.05) is 11.0 Å². The second-order valence-electron chi connectivity index (χ2n) is 9.93. The number of halogens is 2. The Kier molecular flexibility index (Phi) is 10.9. The number of sulfonamides is 1. The lowest BCUT2D eigenvalue weighted by Crippen LogP contribution is -2.55. The Labute approximate surface area is 240 Å². The lowest BCUT2D eigenvalue weighted by atomic mass is 9.83. The van der Waals surface area contributed by atoms with Gasteiger partial charge in [0, 0.05) is 18.0 Å². The Balaban J connectivity index is 1.84. The number of benzene rings is 2. The lowest BCUT2D eigenvalue weighted by molar-refractivity contribution is -0.135. The van der Waals surface area contributed by atoms with Crippen LogP contribution in [0.5, 0.6) is 0 Å². The zero-order valence-electron chi connectivity index (χ0n) is 22.5. The van der Waals surface area contributed by atoms with Crippen LogP contribution in [0, 0.1) is 23.5 Å². The lowest BCUT2D eigenvalue weighted by Gasteiger charge is -2.33. The number of aromatic nitrogens is 1. The van der Waals surface area contributed by atoms with Crippen molar-refractivity contribution in [1.82, 2.24) is 15.6 Å². The fourth-order valence-electron chi connectivity index (χ4n) is 4.27. The highest BCUT2D eigenvalue weighted by Gasteiger charge is 2.39. The quantitative estimate of drug-likeness (QED) is 0.199. The van der Waals surface area contributed by atoms with Gasteiger partial charge in [0.1, 0.15) is 23.4 Å². The summed E-state index contributed by atoms with van der Waals surface area (Å²) in [5.41, 5.74) is 0.704. The van der Waals surface area contributed by atoms with Crippen LogP contribution in [0.2, 0.25) is 0 Å². The number of aliphatic hydroxyl groups is 2. The number of carbonyl (C=O) groups excluding carboxylic acids is 2. The molecule has 3 aromatic rings. The molecule has 2 aromatic carbocycles. The maximum Gasteiger partial charge on any atom is 0.271 e. The maximum atomic E-state index is 13.9. The predicted octanol–water partition coefficient (Wildman–Crippen LogP) is 2.44. The molecule has 0 saturated heterocycles. The van der Waals surface area contributed by atoms with Gasteiger partial charge in [-0.2, -0.15) is 0 Å². The van der Waals surface area contributed by atoms with E-state index in [2.05, 4.69) is 20.3 Å². The summed E-state index contributed by atoms with van der Waals surface area (Å²) in [5.74, 6) is -4.68. The zero-order chi connectivity index (χ0) is 30.3. The number of hydrogen-bond acceptors (Lipinski definition) is 8. The fraction of sp³-hybridized carbons (Fsp3) is 0.370. The van der Waals surface area contributed by atoms with Gasteiger partial charge in [0.2, 0.25) is 15.9 Å². The molecule has 1 aromatic heterocycles. The van der Waals surface area contributed by atoms with Crippen LogP contribution in [0.15, 0.2) is 53.9 Å². The molecule has 222 valence electrons. The molecular weight excluding hydrogens is 578 g/mol. The monoisotopic (exact) mass is 610 g/mol. The van der Waals surface area contributed by atoms with E-state index in [4.69, 9.17) is 0 Å². The van der Waals surface area contributed by atoms with Crippen molar-refractivity contribution >= 4 is 38.3 Å². The van der Waals surface area contributed by atoms with Gasteiger partial charge in [0.05, 0.1) is 24.3 Å².